The van der Waals surface area contributed by atoms with Crippen LogP contribution in [0.1, 0.15) is 63.5 Å². The quantitative estimate of drug-likeness (QED) is 0.306. The molecule has 0 amide bonds. The van der Waals surface area contributed by atoms with Gasteiger partial charge in [0.25, 0.3) is 5.56 Å². The highest BCUT2D eigenvalue weighted by molar-refractivity contribution is 7.91. The molecule has 0 spiro atoms. The molecule has 1 fully saturated rings. The molecule has 0 bridgehead atoms. The maximum Gasteiger partial charge on any atom is 0.295 e. The van der Waals surface area contributed by atoms with Gasteiger partial charge in [-0.1, -0.05) is 13.8 Å². The smallest absolute Gasteiger partial charge is 0.295 e. The molecule has 1 atom stereocenters. The first-order valence-electron chi connectivity index (χ1n) is 12.7. The topological polar surface area (TPSA) is 168 Å². The number of anilines is 1. The van der Waals surface area contributed by atoms with Crippen molar-refractivity contribution < 1.29 is 13.2 Å². The molecule has 0 radical (unpaired) electrons. The lowest BCUT2D eigenvalue weighted by Gasteiger charge is -2.18. The average Bonchev–Trinajstić information content (AvgIpc) is 3.81. The van der Waals surface area contributed by atoms with Crippen LogP contribution in [-0.2, 0) is 16.4 Å². The lowest BCUT2D eigenvalue weighted by atomic mass is 10.1. The van der Waals surface area contributed by atoms with E-state index in [9.17, 15) is 13.2 Å². The highest BCUT2D eigenvalue weighted by Crippen LogP contribution is 2.44. The van der Waals surface area contributed by atoms with E-state index in [0.29, 0.717) is 46.6 Å². The Morgan fingerprint density at radius 2 is 1.82 bits per heavy atom. The van der Waals surface area contributed by atoms with Crippen molar-refractivity contribution in [3.8, 4) is 17.3 Å². The molecular weight excluding hydrogens is 522 g/mol. The Kier molecular flexibility index (Phi) is 7.21. The summed E-state index contributed by atoms with van der Waals surface area (Å²) in [6.07, 6.45) is 8.31. The lowest BCUT2D eigenvalue weighted by Crippen LogP contribution is -2.28. The van der Waals surface area contributed by atoms with E-state index < -0.39 is 9.84 Å². The van der Waals surface area contributed by atoms with E-state index in [-0.39, 0.29) is 34.6 Å². The van der Waals surface area contributed by atoms with Gasteiger partial charge in [-0.05, 0) is 26.2 Å². The predicted molar refractivity (Wildman–Crippen MR) is 143 cm³/mol. The van der Waals surface area contributed by atoms with Crippen LogP contribution in [-0.4, -0.2) is 60.7 Å². The molecule has 4 aromatic rings. The van der Waals surface area contributed by atoms with Crippen LogP contribution in [0, 0.1) is 0 Å². The summed E-state index contributed by atoms with van der Waals surface area (Å²) < 4.78 is 31.1. The highest BCUT2D eigenvalue weighted by Gasteiger charge is 2.31. The SMILES string of the molecule is CC[C@@H](C)n1c(=O)c(NCc2ncc(S(=O)(=O)CC)cn2)nc2cnc(-c3c(OC)ncnc3C3CC3)nc21. The summed E-state index contributed by atoms with van der Waals surface area (Å²) in [5.41, 5.74) is 1.92. The Labute approximate surface area is 225 Å². The van der Waals surface area contributed by atoms with Crippen LogP contribution in [0.15, 0.2) is 34.6 Å². The number of hydrogen-bond acceptors (Lipinski definition) is 12. The summed E-state index contributed by atoms with van der Waals surface area (Å²) in [5.74, 6) is 1.42. The number of nitrogens with one attached hydrogen (secondary N) is 1. The zero-order valence-electron chi connectivity index (χ0n) is 22.1. The molecule has 1 saturated carbocycles. The number of hydrogen-bond donors (Lipinski definition) is 1. The second-order valence-electron chi connectivity index (χ2n) is 9.30. The van der Waals surface area contributed by atoms with E-state index in [1.165, 1.54) is 25.8 Å². The molecule has 0 saturated heterocycles. The van der Waals surface area contributed by atoms with Gasteiger partial charge in [0.2, 0.25) is 5.88 Å². The number of aromatic nitrogens is 8. The Morgan fingerprint density at radius 3 is 2.46 bits per heavy atom. The van der Waals surface area contributed by atoms with Gasteiger partial charge >= 0.3 is 0 Å². The van der Waals surface area contributed by atoms with E-state index in [4.69, 9.17) is 9.72 Å². The zero-order valence-corrected chi connectivity index (χ0v) is 22.9. The maximum absolute atomic E-state index is 13.6. The molecule has 4 heterocycles. The number of fused-ring (bicyclic) bond motifs is 1. The van der Waals surface area contributed by atoms with E-state index in [1.54, 1.807) is 17.7 Å². The maximum atomic E-state index is 13.6. The highest BCUT2D eigenvalue weighted by atomic mass is 32.2. The molecule has 1 aliphatic rings. The van der Waals surface area contributed by atoms with Crippen LogP contribution in [0.5, 0.6) is 5.88 Å². The first-order chi connectivity index (χ1) is 18.8. The van der Waals surface area contributed by atoms with Crippen molar-refractivity contribution in [2.24, 2.45) is 0 Å². The van der Waals surface area contributed by atoms with Gasteiger partial charge in [-0.25, -0.2) is 43.3 Å². The number of sulfone groups is 1. The summed E-state index contributed by atoms with van der Waals surface area (Å²) in [6, 6.07) is -0.182. The van der Waals surface area contributed by atoms with Gasteiger partial charge in [0, 0.05) is 24.4 Å². The van der Waals surface area contributed by atoms with Crippen LogP contribution in [0.2, 0.25) is 0 Å². The fraction of sp³-hybridized carbons (Fsp3) is 0.440. The van der Waals surface area contributed by atoms with Crippen molar-refractivity contribution in [3.05, 3.63) is 46.8 Å². The molecular formula is C25H29N9O4S. The molecule has 5 rings (SSSR count). The van der Waals surface area contributed by atoms with E-state index in [2.05, 4.69) is 35.2 Å². The van der Waals surface area contributed by atoms with Crippen molar-refractivity contribution in [1.82, 2.24) is 39.5 Å². The normalized spacial score (nSPS) is 14.4. The van der Waals surface area contributed by atoms with Crippen molar-refractivity contribution in [1.29, 1.82) is 0 Å². The number of ether oxygens (including phenoxy) is 1. The molecule has 0 aliphatic heterocycles. The minimum Gasteiger partial charge on any atom is -0.480 e. The number of methoxy groups -OCH3 is 1. The van der Waals surface area contributed by atoms with E-state index in [1.807, 2.05) is 13.8 Å². The molecule has 0 aromatic carbocycles. The van der Waals surface area contributed by atoms with Crippen LogP contribution in [0.3, 0.4) is 0 Å². The Morgan fingerprint density at radius 1 is 1.08 bits per heavy atom. The minimum atomic E-state index is -3.40. The largest absolute Gasteiger partial charge is 0.480 e. The predicted octanol–water partition coefficient (Wildman–Crippen LogP) is 2.70. The second-order valence-corrected chi connectivity index (χ2v) is 11.6. The first kappa shape index (κ1) is 26.5. The third-order valence-electron chi connectivity index (χ3n) is 6.72. The van der Waals surface area contributed by atoms with E-state index in [0.717, 1.165) is 18.5 Å². The fourth-order valence-electron chi connectivity index (χ4n) is 4.17. The molecule has 0 unspecified atom stereocenters. The van der Waals surface area contributed by atoms with Crippen LogP contribution in [0.4, 0.5) is 5.82 Å². The molecule has 1 N–H and O–H groups in total. The number of rotatable bonds is 10. The summed E-state index contributed by atoms with van der Waals surface area (Å²) in [7, 11) is -1.86. The summed E-state index contributed by atoms with van der Waals surface area (Å²) >= 11 is 0. The molecule has 13 nitrogen and oxygen atoms in total. The van der Waals surface area contributed by atoms with Gasteiger partial charge in [-0.2, -0.15) is 0 Å². The molecule has 1 aliphatic carbocycles. The monoisotopic (exact) mass is 551 g/mol. The number of nitrogens with zero attached hydrogens (tertiary/aromatic N) is 8. The zero-order chi connectivity index (χ0) is 27.7. The minimum absolute atomic E-state index is 0.0418. The lowest BCUT2D eigenvalue weighted by molar-refractivity contribution is 0.397. The molecule has 39 heavy (non-hydrogen) atoms. The Balaban J connectivity index is 1.54. The van der Waals surface area contributed by atoms with Crippen molar-refractivity contribution in [2.45, 2.75) is 63.4 Å². The van der Waals surface area contributed by atoms with Gasteiger partial charge in [0.05, 0.1) is 31.3 Å². The van der Waals surface area contributed by atoms with Crippen LogP contribution in [0.25, 0.3) is 22.6 Å². The third-order valence-corrected chi connectivity index (χ3v) is 8.41. The van der Waals surface area contributed by atoms with Crippen LogP contribution < -0.4 is 15.6 Å². The van der Waals surface area contributed by atoms with Crippen molar-refractivity contribution in [3.63, 3.8) is 0 Å². The second kappa shape index (κ2) is 10.6. The fourth-order valence-corrected chi connectivity index (χ4v) is 4.93. The van der Waals surface area contributed by atoms with Gasteiger partial charge in [-0.3, -0.25) is 9.36 Å². The summed E-state index contributed by atoms with van der Waals surface area (Å²) in [5, 5.41) is 3.00. The van der Waals surface area contributed by atoms with Gasteiger partial charge in [-0.15, -0.1) is 0 Å². The van der Waals surface area contributed by atoms with Crippen molar-refractivity contribution >= 4 is 26.8 Å². The van der Waals surface area contributed by atoms with Crippen molar-refractivity contribution in [2.75, 3.05) is 18.2 Å². The Bertz CT molecular complexity index is 1690. The van der Waals surface area contributed by atoms with Gasteiger partial charge in [0.1, 0.15) is 28.1 Å². The molecule has 4 aromatic heterocycles. The summed E-state index contributed by atoms with van der Waals surface area (Å²) in [4.78, 5) is 44.5. The van der Waals surface area contributed by atoms with E-state index >= 15 is 0 Å². The van der Waals surface area contributed by atoms with Gasteiger partial charge < -0.3 is 10.1 Å². The molecule has 204 valence electrons. The Hall–Kier alpha value is -4.07. The van der Waals surface area contributed by atoms with Crippen LogP contribution >= 0.6 is 0 Å². The third kappa shape index (κ3) is 5.15. The molecule has 14 heteroatoms. The average molecular weight is 552 g/mol. The first-order valence-corrected chi connectivity index (χ1v) is 14.4. The van der Waals surface area contributed by atoms with Gasteiger partial charge in [0.15, 0.2) is 27.1 Å². The summed E-state index contributed by atoms with van der Waals surface area (Å²) in [6.45, 7) is 5.55. The standard InChI is InChI=1S/C25H29N9O4S/c1-5-14(3)34-23-17(11-28-21(33-23)19-20(15-7-8-15)30-13-31-24(19)38-4)32-22(25(34)35)29-12-18-26-9-16(10-27-18)39(36,37)6-2/h9-11,13-15H,5-8,12H2,1-4H3,(H,29,32)/t14-/m1/s1.